The predicted octanol–water partition coefficient (Wildman–Crippen LogP) is 6.26. The summed E-state index contributed by atoms with van der Waals surface area (Å²) in [5.74, 6) is 1.71. The van der Waals surface area contributed by atoms with Crippen molar-refractivity contribution in [2.24, 2.45) is 12.5 Å². The van der Waals surface area contributed by atoms with Crippen LogP contribution in [0.2, 0.25) is 0 Å². The number of hydrogen-bond donors (Lipinski definition) is 1. The molecule has 2 bridgehead atoms. The van der Waals surface area contributed by atoms with E-state index in [2.05, 4.69) is 34.5 Å². The summed E-state index contributed by atoms with van der Waals surface area (Å²) in [5, 5.41) is 17.7. The van der Waals surface area contributed by atoms with Crippen LogP contribution in [-0.4, -0.2) is 119 Å². The van der Waals surface area contributed by atoms with Gasteiger partial charge in [0.25, 0.3) is 0 Å². The second kappa shape index (κ2) is 14.1. The molecule has 3 aromatic carbocycles. The molecule has 5 aromatic rings. The third-order valence-electron chi connectivity index (χ3n) is 12.3. The first-order valence-corrected chi connectivity index (χ1v) is 19.7. The lowest BCUT2D eigenvalue weighted by atomic mass is 9.91. The summed E-state index contributed by atoms with van der Waals surface area (Å²) in [6.07, 6.45) is 12.7. The quantitative estimate of drug-likeness (QED) is 0.123. The van der Waals surface area contributed by atoms with E-state index in [-0.39, 0.29) is 57.1 Å². The van der Waals surface area contributed by atoms with Gasteiger partial charge in [0, 0.05) is 100 Å². The lowest BCUT2D eigenvalue weighted by molar-refractivity contribution is -0.0912. The molecule has 294 valence electrons. The minimum Gasteiger partial charge on any atom is -0.508 e. The van der Waals surface area contributed by atoms with Gasteiger partial charge in [-0.25, -0.2) is 8.78 Å². The highest BCUT2D eigenvalue weighted by Gasteiger charge is 2.47. The largest absolute Gasteiger partial charge is 0.508 e. The Kier molecular flexibility index (Phi) is 9.31. The van der Waals surface area contributed by atoms with E-state index in [4.69, 9.17) is 35.7 Å². The van der Waals surface area contributed by atoms with E-state index in [1.54, 1.807) is 18.8 Å². The molecule has 11 nitrogen and oxygen atoms in total. The number of methoxy groups -OCH3 is 1. The van der Waals surface area contributed by atoms with Gasteiger partial charge in [-0.15, -0.1) is 6.42 Å². The highest BCUT2D eigenvalue weighted by atomic mass is 19.1. The van der Waals surface area contributed by atoms with E-state index in [9.17, 15) is 5.11 Å². The van der Waals surface area contributed by atoms with Crippen LogP contribution >= 0.6 is 0 Å². The number of rotatable bonds is 11. The number of nitrogens with zero attached hydrogens (tertiary/aromatic N) is 7. The molecule has 0 spiro atoms. The number of aromatic hydroxyl groups is 1. The molecule has 3 saturated heterocycles. The number of aromatic nitrogens is 4. The highest BCUT2D eigenvalue weighted by Crippen LogP contribution is 2.49. The molecule has 0 amide bonds. The number of benzene rings is 3. The van der Waals surface area contributed by atoms with Crippen molar-refractivity contribution in [2.75, 3.05) is 71.1 Å². The Labute approximate surface area is 325 Å². The smallest absolute Gasteiger partial charge is 0.319 e. The van der Waals surface area contributed by atoms with E-state index in [1.807, 2.05) is 6.20 Å². The van der Waals surface area contributed by atoms with Crippen LogP contribution in [0.5, 0.6) is 11.8 Å². The average Bonchev–Trinajstić information content (AvgIpc) is 3.73. The molecule has 3 aliphatic heterocycles. The number of anilines is 1. The van der Waals surface area contributed by atoms with Gasteiger partial charge in [-0.2, -0.15) is 15.1 Å². The Hall–Kier alpha value is -4.61. The molecular formula is C43H49F2N7O4. The van der Waals surface area contributed by atoms with Crippen molar-refractivity contribution < 1.29 is 28.1 Å². The molecule has 4 aliphatic rings. The summed E-state index contributed by atoms with van der Waals surface area (Å²) in [4.78, 5) is 17.4. The van der Waals surface area contributed by atoms with Gasteiger partial charge in [-0.3, -0.25) is 14.5 Å². The molecular weight excluding hydrogens is 717 g/mol. The summed E-state index contributed by atoms with van der Waals surface area (Å²) in [5.41, 5.74) is 0.445. The van der Waals surface area contributed by atoms with Gasteiger partial charge >= 0.3 is 6.01 Å². The van der Waals surface area contributed by atoms with Crippen LogP contribution in [0.1, 0.15) is 51.5 Å². The molecule has 1 N–H and O–H groups in total. The molecule has 1 aliphatic carbocycles. The van der Waals surface area contributed by atoms with Crippen LogP contribution in [0.4, 0.5) is 14.6 Å². The molecule has 13 heteroatoms. The first-order chi connectivity index (χ1) is 27.0. The Balaban J connectivity index is 1.20. The first kappa shape index (κ1) is 37.0. The Morgan fingerprint density at radius 1 is 1.05 bits per heavy atom. The summed E-state index contributed by atoms with van der Waals surface area (Å²) in [6, 6.07) is 6.15. The monoisotopic (exact) mass is 765 g/mol. The van der Waals surface area contributed by atoms with Crippen molar-refractivity contribution in [3.8, 4) is 35.2 Å². The molecule has 56 heavy (non-hydrogen) atoms. The van der Waals surface area contributed by atoms with Gasteiger partial charge in [-0.1, -0.05) is 12.0 Å². The van der Waals surface area contributed by atoms with E-state index >= 15 is 8.78 Å². The van der Waals surface area contributed by atoms with Crippen LogP contribution in [-0.2, 0) is 16.5 Å². The van der Waals surface area contributed by atoms with Crippen molar-refractivity contribution >= 4 is 38.4 Å². The number of aryl methyl sites for hydroxylation is 1. The van der Waals surface area contributed by atoms with Crippen LogP contribution in [0, 0.1) is 29.4 Å². The number of phenols is 1. The fraction of sp³-hybridized carbons (Fsp3) is 0.512. The third kappa shape index (κ3) is 6.60. The average molecular weight is 766 g/mol. The van der Waals surface area contributed by atoms with Crippen molar-refractivity contribution in [1.29, 1.82) is 0 Å². The van der Waals surface area contributed by atoms with Crippen LogP contribution < -0.4 is 9.64 Å². The second-order valence-electron chi connectivity index (χ2n) is 17.0. The zero-order chi connectivity index (χ0) is 38.9. The van der Waals surface area contributed by atoms with Gasteiger partial charge in [0.1, 0.15) is 28.4 Å². The van der Waals surface area contributed by atoms with Crippen LogP contribution in [0.15, 0.2) is 30.5 Å². The van der Waals surface area contributed by atoms with Gasteiger partial charge in [-0.05, 0) is 75.1 Å². The molecule has 4 fully saturated rings. The SMILES string of the molecule is C#Cc1c(F)ccc2cc(O)cc(-c3c(F)c4nc(OCC5(CN6CCOC(C)(C)C6)CC5)nc(N5[C@@H]6CC[C@H]5CN(CCCOC)C6)c4c4cn(C)nc34)c12. The standard InChI is InChI=1S/C43H49F2N7O4/c1-6-30-33(44)11-8-26-18-29(53)19-31(34(26)30)35-37(45)39-36(32-22-49(4)48-38(32)35)40(52-27-9-10-28(52)21-50(20-27)14-7-16-54-5)47-41(46-39)55-25-43(12-13-43)24-51-15-17-56-42(2,3)23-51/h1,8,11,18-19,22,27-28,53H,7,9-10,12-17,20-21,23-25H2,2-5H3/t27-,28+. The van der Waals surface area contributed by atoms with Crippen LogP contribution in [0.3, 0.4) is 0 Å². The van der Waals surface area contributed by atoms with Crippen molar-refractivity contribution in [2.45, 2.75) is 63.6 Å². The Bertz CT molecular complexity index is 2370. The maximum Gasteiger partial charge on any atom is 0.319 e. The number of fused-ring (bicyclic) bond motifs is 6. The summed E-state index contributed by atoms with van der Waals surface area (Å²) < 4.78 is 52.7. The van der Waals surface area contributed by atoms with E-state index in [0.717, 1.165) is 71.4 Å². The first-order valence-electron chi connectivity index (χ1n) is 19.7. The van der Waals surface area contributed by atoms with E-state index < -0.39 is 11.6 Å². The fourth-order valence-corrected chi connectivity index (χ4v) is 9.59. The second-order valence-corrected chi connectivity index (χ2v) is 17.0. The lowest BCUT2D eigenvalue weighted by Crippen LogP contribution is -2.54. The van der Waals surface area contributed by atoms with Gasteiger partial charge in [0.05, 0.1) is 29.8 Å². The number of morpholine rings is 1. The number of halogens is 2. The Morgan fingerprint density at radius 3 is 2.55 bits per heavy atom. The maximum absolute atomic E-state index is 17.9. The molecule has 2 atom stereocenters. The zero-order valence-corrected chi connectivity index (χ0v) is 32.6. The van der Waals surface area contributed by atoms with E-state index in [0.29, 0.717) is 52.7 Å². The lowest BCUT2D eigenvalue weighted by Gasteiger charge is -2.42. The Morgan fingerprint density at radius 2 is 1.84 bits per heavy atom. The number of hydrogen-bond acceptors (Lipinski definition) is 10. The number of likely N-dealkylation sites (tertiary alicyclic amines) is 1. The number of ether oxygens (including phenoxy) is 3. The number of piperazine rings is 1. The van der Waals surface area contributed by atoms with Gasteiger partial charge in [0.2, 0.25) is 0 Å². The summed E-state index contributed by atoms with van der Waals surface area (Å²) >= 11 is 0. The predicted molar refractivity (Wildman–Crippen MR) is 212 cm³/mol. The van der Waals surface area contributed by atoms with Crippen molar-refractivity contribution in [3.63, 3.8) is 0 Å². The van der Waals surface area contributed by atoms with E-state index in [1.165, 1.54) is 24.3 Å². The molecule has 9 rings (SSSR count). The summed E-state index contributed by atoms with van der Waals surface area (Å²) in [7, 11) is 3.51. The highest BCUT2D eigenvalue weighted by molar-refractivity contribution is 6.18. The normalized spacial score (nSPS) is 22.0. The van der Waals surface area contributed by atoms with Gasteiger partial charge < -0.3 is 24.2 Å². The molecule has 0 unspecified atom stereocenters. The van der Waals surface area contributed by atoms with Gasteiger partial charge in [0.15, 0.2) is 5.82 Å². The minimum absolute atomic E-state index is 0.0215. The minimum atomic E-state index is -0.666. The molecule has 2 aromatic heterocycles. The van der Waals surface area contributed by atoms with Crippen molar-refractivity contribution in [3.05, 3.63) is 47.7 Å². The third-order valence-corrected chi connectivity index (χ3v) is 12.3. The fourth-order valence-electron chi connectivity index (χ4n) is 9.59. The number of phenolic OH excluding ortho intramolecular Hbond substituents is 1. The summed E-state index contributed by atoms with van der Waals surface area (Å²) in [6.45, 7) is 11.3. The van der Waals surface area contributed by atoms with Crippen LogP contribution in [0.25, 0.3) is 43.7 Å². The maximum atomic E-state index is 17.9. The zero-order valence-electron chi connectivity index (χ0n) is 32.6. The van der Waals surface area contributed by atoms with Crippen molar-refractivity contribution in [1.82, 2.24) is 29.5 Å². The number of terminal acetylenes is 1. The molecule has 0 radical (unpaired) electrons. The molecule has 5 heterocycles. The topological polar surface area (TPSA) is 101 Å². The molecule has 1 saturated carbocycles.